The van der Waals surface area contributed by atoms with Crippen molar-refractivity contribution in [3.05, 3.63) is 48.3 Å². The average molecular weight is 353 g/mol. The highest BCUT2D eigenvalue weighted by atomic mass is 32.3. The molecule has 2 N–H and O–H groups in total. The van der Waals surface area contributed by atoms with Crippen LogP contribution in [0.5, 0.6) is 5.75 Å². The first kappa shape index (κ1) is 17.3. The Balaban J connectivity index is 2.09. The van der Waals surface area contributed by atoms with Crippen molar-refractivity contribution in [3.63, 3.8) is 0 Å². The molecule has 0 radical (unpaired) electrons. The van der Waals surface area contributed by atoms with Crippen LogP contribution < -0.4 is 14.8 Å². The van der Waals surface area contributed by atoms with Crippen LogP contribution in [0.3, 0.4) is 0 Å². The van der Waals surface area contributed by atoms with E-state index < -0.39 is 16.4 Å². The first-order chi connectivity index (χ1) is 11.2. The van der Waals surface area contributed by atoms with Gasteiger partial charge in [-0.2, -0.15) is 8.42 Å². The molecule has 0 aliphatic carbocycles. The highest BCUT2D eigenvalue weighted by Crippen LogP contribution is 2.17. The molecule has 1 heterocycles. The van der Waals surface area contributed by atoms with Crippen LogP contribution in [0.1, 0.15) is 17.4 Å². The zero-order chi connectivity index (χ0) is 17.7. The van der Waals surface area contributed by atoms with E-state index >= 15 is 0 Å². The maximum Gasteiger partial charge on any atom is 0.488 e. The SMILES string of the molecule is CC(=O)Nc1ccc(NC(=O)c2cc(OS(=O)(=O)F)ccn2)cc1. The van der Waals surface area contributed by atoms with Gasteiger partial charge in [0.2, 0.25) is 5.91 Å². The van der Waals surface area contributed by atoms with Gasteiger partial charge in [0.05, 0.1) is 0 Å². The predicted octanol–water partition coefficient (Wildman–Crippen LogP) is 1.89. The molecule has 126 valence electrons. The average Bonchev–Trinajstić information content (AvgIpc) is 2.47. The van der Waals surface area contributed by atoms with E-state index in [2.05, 4.69) is 19.8 Å². The molecule has 0 atom stereocenters. The molecule has 0 unspecified atom stereocenters. The molecule has 0 fully saturated rings. The molecular formula is C14H12FN3O5S. The minimum atomic E-state index is -5.19. The molecular weight excluding hydrogens is 341 g/mol. The van der Waals surface area contributed by atoms with Gasteiger partial charge in [-0.1, -0.05) is 3.89 Å². The Morgan fingerprint density at radius 2 is 1.67 bits per heavy atom. The van der Waals surface area contributed by atoms with Gasteiger partial charge in [0.25, 0.3) is 5.91 Å². The van der Waals surface area contributed by atoms with Crippen LogP contribution in [0, 0.1) is 0 Å². The van der Waals surface area contributed by atoms with Crippen molar-refractivity contribution in [2.75, 3.05) is 10.6 Å². The fourth-order valence-electron chi connectivity index (χ4n) is 1.74. The lowest BCUT2D eigenvalue weighted by Crippen LogP contribution is -2.14. The normalized spacial score (nSPS) is 10.8. The van der Waals surface area contributed by atoms with Crippen molar-refractivity contribution in [2.24, 2.45) is 0 Å². The molecule has 2 rings (SSSR count). The second-order valence-corrected chi connectivity index (χ2v) is 5.52. The lowest BCUT2D eigenvalue weighted by molar-refractivity contribution is -0.114. The third kappa shape index (κ3) is 5.32. The van der Waals surface area contributed by atoms with Gasteiger partial charge in [0, 0.05) is 36.6 Å². The first-order valence-electron chi connectivity index (χ1n) is 6.52. The molecule has 0 aliphatic heterocycles. The van der Waals surface area contributed by atoms with Gasteiger partial charge in [-0.05, 0) is 24.3 Å². The number of hydrogen-bond acceptors (Lipinski definition) is 6. The van der Waals surface area contributed by atoms with Crippen molar-refractivity contribution in [1.82, 2.24) is 4.98 Å². The molecule has 0 spiro atoms. The number of anilines is 2. The number of pyridine rings is 1. The Labute approximate surface area is 137 Å². The maximum atomic E-state index is 12.5. The zero-order valence-electron chi connectivity index (χ0n) is 12.3. The maximum absolute atomic E-state index is 12.5. The van der Waals surface area contributed by atoms with E-state index in [1.54, 1.807) is 24.3 Å². The van der Waals surface area contributed by atoms with Gasteiger partial charge < -0.3 is 14.8 Å². The topological polar surface area (TPSA) is 114 Å². The molecule has 1 aromatic carbocycles. The Morgan fingerprint density at radius 1 is 1.08 bits per heavy atom. The van der Waals surface area contributed by atoms with Crippen LogP contribution in [0.2, 0.25) is 0 Å². The minimum absolute atomic E-state index is 0.165. The predicted molar refractivity (Wildman–Crippen MR) is 83.6 cm³/mol. The van der Waals surface area contributed by atoms with Crippen molar-refractivity contribution < 1.29 is 26.1 Å². The van der Waals surface area contributed by atoms with Gasteiger partial charge in [-0.15, -0.1) is 0 Å². The van der Waals surface area contributed by atoms with Crippen molar-refractivity contribution in [2.45, 2.75) is 6.92 Å². The summed E-state index contributed by atoms with van der Waals surface area (Å²) in [5.74, 6) is -1.25. The zero-order valence-corrected chi connectivity index (χ0v) is 13.1. The number of benzene rings is 1. The number of halogens is 1. The van der Waals surface area contributed by atoms with E-state index in [1.165, 1.54) is 6.92 Å². The second kappa shape index (κ2) is 7.04. The quantitative estimate of drug-likeness (QED) is 0.793. The summed E-state index contributed by atoms with van der Waals surface area (Å²) in [6.45, 7) is 1.37. The number of aromatic nitrogens is 1. The van der Waals surface area contributed by atoms with E-state index in [4.69, 9.17) is 0 Å². The second-order valence-electron chi connectivity index (χ2n) is 4.57. The largest absolute Gasteiger partial charge is 0.488 e. The monoisotopic (exact) mass is 353 g/mol. The molecule has 8 nitrogen and oxygen atoms in total. The number of amides is 2. The summed E-state index contributed by atoms with van der Waals surface area (Å²) >= 11 is 0. The van der Waals surface area contributed by atoms with E-state index in [0.29, 0.717) is 11.4 Å². The van der Waals surface area contributed by atoms with Crippen molar-refractivity contribution >= 4 is 33.7 Å². The molecule has 0 saturated carbocycles. The number of rotatable bonds is 5. The third-order valence-corrected chi connectivity index (χ3v) is 3.01. The van der Waals surface area contributed by atoms with Crippen LogP contribution >= 0.6 is 0 Å². The summed E-state index contributed by atoms with van der Waals surface area (Å²) in [5, 5.41) is 5.09. The number of carbonyl (C=O) groups is 2. The Kier molecular flexibility index (Phi) is 5.09. The van der Waals surface area contributed by atoms with Gasteiger partial charge in [0.1, 0.15) is 11.4 Å². The summed E-state index contributed by atoms with van der Waals surface area (Å²) in [6.07, 6.45) is 1.11. The van der Waals surface area contributed by atoms with Crippen LogP contribution in [0.4, 0.5) is 15.3 Å². The number of hydrogen-bond donors (Lipinski definition) is 2. The van der Waals surface area contributed by atoms with E-state index in [-0.39, 0.29) is 17.4 Å². The van der Waals surface area contributed by atoms with Gasteiger partial charge in [-0.25, -0.2) is 0 Å². The third-order valence-electron chi connectivity index (χ3n) is 2.62. The van der Waals surface area contributed by atoms with E-state index in [9.17, 15) is 21.9 Å². The molecule has 0 aliphatic rings. The summed E-state index contributed by atoms with van der Waals surface area (Å²) in [6, 6.07) is 8.35. The van der Waals surface area contributed by atoms with E-state index in [0.717, 1.165) is 18.3 Å². The summed E-state index contributed by atoms with van der Waals surface area (Å²) < 4.78 is 37.4. The fraction of sp³-hybridized carbons (Fsp3) is 0.0714. The van der Waals surface area contributed by atoms with Gasteiger partial charge in [0.15, 0.2) is 0 Å². The van der Waals surface area contributed by atoms with Crippen LogP contribution in [0.25, 0.3) is 0 Å². The van der Waals surface area contributed by atoms with Gasteiger partial charge >= 0.3 is 10.5 Å². The molecule has 0 bridgehead atoms. The molecule has 10 heteroatoms. The number of carbonyl (C=O) groups excluding carboxylic acids is 2. The lowest BCUT2D eigenvalue weighted by Gasteiger charge is -2.07. The summed E-state index contributed by atoms with van der Waals surface area (Å²) in [5.41, 5.74) is 0.810. The summed E-state index contributed by atoms with van der Waals surface area (Å²) in [4.78, 5) is 26.7. The smallest absolute Gasteiger partial charge is 0.358 e. The molecule has 24 heavy (non-hydrogen) atoms. The number of nitrogens with one attached hydrogen (secondary N) is 2. The van der Waals surface area contributed by atoms with Gasteiger partial charge in [-0.3, -0.25) is 14.6 Å². The highest BCUT2D eigenvalue weighted by Gasteiger charge is 2.13. The summed E-state index contributed by atoms with van der Waals surface area (Å²) in [7, 11) is -5.19. The van der Waals surface area contributed by atoms with Crippen LogP contribution in [0.15, 0.2) is 42.6 Å². The molecule has 2 aromatic rings. The first-order valence-corrected chi connectivity index (χ1v) is 7.83. The Bertz CT molecular complexity index is 868. The van der Waals surface area contributed by atoms with E-state index in [1.807, 2.05) is 0 Å². The lowest BCUT2D eigenvalue weighted by atomic mass is 10.2. The Morgan fingerprint density at radius 3 is 2.21 bits per heavy atom. The molecule has 1 aromatic heterocycles. The number of nitrogens with zero attached hydrogens (tertiary/aromatic N) is 1. The van der Waals surface area contributed by atoms with Crippen LogP contribution in [-0.4, -0.2) is 25.2 Å². The fourth-order valence-corrected chi connectivity index (χ4v) is 2.07. The standard InChI is InChI=1S/C14H12FN3O5S/c1-9(19)17-10-2-4-11(5-3-10)18-14(20)13-8-12(6-7-16-13)23-24(15,21)22/h2-8H,1H3,(H,17,19)(H,18,20). The van der Waals surface area contributed by atoms with Crippen molar-refractivity contribution in [1.29, 1.82) is 0 Å². The Hall–Kier alpha value is -3.01. The molecule has 0 saturated heterocycles. The highest BCUT2D eigenvalue weighted by molar-refractivity contribution is 7.81. The molecule has 2 amide bonds. The van der Waals surface area contributed by atoms with Crippen LogP contribution in [-0.2, 0) is 15.3 Å². The van der Waals surface area contributed by atoms with Crippen molar-refractivity contribution in [3.8, 4) is 5.75 Å². The minimum Gasteiger partial charge on any atom is -0.358 e.